The Labute approximate surface area is 197 Å². The summed E-state index contributed by atoms with van der Waals surface area (Å²) in [6.45, 7) is 3.16. The van der Waals surface area contributed by atoms with Crippen LogP contribution in [0.15, 0.2) is 71.1 Å². The summed E-state index contributed by atoms with van der Waals surface area (Å²) >= 11 is 0. The molecule has 2 heterocycles. The van der Waals surface area contributed by atoms with E-state index in [0.29, 0.717) is 25.4 Å². The fourth-order valence-electron chi connectivity index (χ4n) is 4.72. The minimum atomic E-state index is -2.54. The van der Waals surface area contributed by atoms with Crippen molar-refractivity contribution in [3.63, 3.8) is 0 Å². The average molecular weight is 465 g/mol. The number of benzene rings is 3. The number of piperidine rings is 1. The Morgan fingerprint density at radius 2 is 1.56 bits per heavy atom. The molecule has 2 N–H and O–H groups in total. The van der Waals surface area contributed by atoms with E-state index in [2.05, 4.69) is 42.2 Å². The SMILES string of the molecule is CC(c1ccc(-c2cc(-c3ccc(F)cc3)c3oc(CN)cc3c2)cc1)N1CCC(F)(F)CC1. The fraction of sp³-hybridized carbons (Fsp3) is 0.286. The standard InChI is InChI=1S/C28H27F3N2O/c1-18(33-12-10-28(30,31)11-13-33)19-2-4-20(5-3-19)22-14-23-15-25(17-32)34-27(23)26(16-22)21-6-8-24(29)9-7-21/h2-9,14-16,18H,10-13,17,32H2,1H3. The van der Waals surface area contributed by atoms with Crippen LogP contribution in [0.1, 0.15) is 37.1 Å². The molecule has 0 bridgehead atoms. The van der Waals surface area contributed by atoms with Crippen LogP contribution < -0.4 is 5.73 Å². The van der Waals surface area contributed by atoms with Gasteiger partial charge < -0.3 is 10.2 Å². The maximum absolute atomic E-state index is 13.5. The van der Waals surface area contributed by atoms with E-state index in [0.717, 1.165) is 38.8 Å². The van der Waals surface area contributed by atoms with Crippen molar-refractivity contribution >= 4 is 11.0 Å². The Morgan fingerprint density at radius 1 is 0.912 bits per heavy atom. The Balaban J connectivity index is 1.47. The summed E-state index contributed by atoms with van der Waals surface area (Å²) in [6, 6.07) is 20.7. The highest BCUT2D eigenvalue weighted by Crippen LogP contribution is 2.37. The molecule has 0 amide bonds. The molecule has 0 saturated carbocycles. The van der Waals surface area contributed by atoms with Crippen LogP contribution in [0.2, 0.25) is 0 Å². The molecule has 1 fully saturated rings. The molecular formula is C28H27F3N2O. The van der Waals surface area contributed by atoms with Crippen LogP contribution in [-0.4, -0.2) is 23.9 Å². The second kappa shape index (κ2) is 8.93. The van der Waals surface area contributed by atoms with Crippen LogP contribution in [0.25, 0.3) is 33.2 Å². The number of alkyl halides is 2. The molecule has 34 heavy (non-hydrogen) atoms. The van der Waals surface area contributed by atoms with E-state index in [-0.39, 0.29) is 24.7 Å². The molecule has 3 aromatic carbocycles. The number of hydrogen-bond acceptors (Lipinski definition) is 3. The lowest BCUT2D eigenvalue weighted by atomic mass is 9.95. The maximum Gasteiger partial charge on any atom is 0.250 e. The number of hydrogen-bond donors (Lipinski definition) is 1. The van der Waals surface area contributed by atoms with Gasteiger partial charge in [-0.2, -0.15) is 0 Å². The first-order chi connectivity index (χ1) is 16.3. The molecule has 0 radical (unpaired) electrons. The topological polar surface area (TPSA) is 42.4 Å². The van der Waals surface area contributed by atoms with Crippen molar-refractivity contribution < 1.29 is 17.6 Å². The zero-order chi connectivity index (χ0) is 23.9. The number of fused-ring (bicyclic) bond motifs is 1. The molecule has 1 unspecified atom stereocenters. The number of halogens is 3. The zero-order valence-corrected chi connectivity index (χ0v) is 19.0. The van der Waals surface area contributed by atoms with Crippen LogP contribution in [0.4, 0.5) is 13.2 Å². The van der Waals surface area contributed by atoms with Gasteiger partial charge in [0.2, 0.25) is 0 Å². The molecule has 1 aliphatic heterocycles. The monoisotopic (exact) mass is 464 g/mol. The van der Waals surface area contributed by atoms with Crippen molar-refractivity contribution in [3.8, 4) is 22.3 Å². The second-order valence-corrected chi connectivity index (χ2v) is 9.06. The van der Waals surface area contributed by atoms with Crippen LogP contribution in [0.5, 0.6) is 0 Å². The van der Waals surface area contributed by atoms with Crippen molar-refractivity contribution in [2.45, 2.75) is 38.3 Å². The third-order valence-corrected chi connectivity index (χ3v) is 6.83. The number of furan rings is 1. The minimum absolute atomic E-state index is 0.0726. The summed E-state index contributed by atoms with van der Waals surface area (Å²) in [4.78, 5) is 2.12. The molecule has 1 aromatic heterocycles. The van der Waals surface area contributed by atoms with Crippen molar-refractivity contribution in [3.05, 3.63) is 83.9 Å². The molecule has 176 valence electrons. The van der Waals surface area contributed by atoms with E-state index in [1.54, 1.807) is 12.1 Å². The zero-order valence-electron chi connectivity index (χ0n) is 19.0. The van der Waals surface area contributed by atoms with E-state index in [9.17, 15) is 13.2 Å². The number of rotatable bonds is 5. The number of nitrogens with two attached hydrogens (primary N) is 1. The Kier molecular flexibility index (Phi) is 5.96. The van der Waals surface area contributed by atoms with Crippen molar-refractivity contribution in [1.82, 2.24) is 4.90 Å². The van der Waals surface area contributed by atoms with Gasteiger partial charge in [-0.05, 0) is 59.5 Å². The fourth-order valence-corrected chi connectivity index (χ4v) is 4.72. The van der Waals surface area contributed by atoms with Gasteiger partial charge >= 0.3 is 0 Å². The largest absolute Gasteiger partial charge is 0.459 e. The first-order valence-corrected chi connectivity index (χ1v) is 11.6. The Morgan fingerprint density at radius 3 is 2.21 bits per heavy atom. The van der Waals surface area contributed by atoms with E-state index >= 15 is 0 Å². The summed E-state index contributed by atoms with van der Waals surface area (Å²) in [5.41, 5.74) is 11.4. The molecular weight excluding hydrogens is 437 g/mol. The normalized spacial score (nSPS) is 17.2. The smallest absolute Gasteiger partial charge is 0.250 e. The number of likely N-dealkylation sites (tertiary alicyclic amines) is 1. The quantitative estimate of drug-likeness (QED) is 0.341. The molecule has 0 spiro atoms. The lowest BCUT2D eigenvalue weighted by Gasteiger charge is -2.36. The number of nitrogens with zero attached hydrogens (tertiary/aromatic N) is 1. The van der Waals surface area contributed by atoms with Gasteiger partial charge in [0.15, 0.2) is 0 Å². The third-order valence-electron chi connectivity index (χ3n) is 6.83. The van der Waals surface area contributed by atoms with Crippen molar-refractivity contribution in [2.75, 3.05) is 13.1 Å². The highest BCUT2D eigenvalue weighted by atomic mass is 19.3. The molecule has 1 aliphatic rings. The molecule has 1 atom stereocenters. The van der Waals surface area contributed by atoms with Gasteiger partial charge in [0.25, 0.3) is 5.92 Å². The highest BCUT2D eigenvalue weighted by molar-refractivity contribution is 5.97. The van der Waals surface area contributed by atoms with Gasteiger partial charge in [0.05, 0.1) is 6.54 Å². The first kappa shape index (κ1) is 22.7. The summed E-state index contributed by atoms with van der Waals surface area (Å²) < 4.78 is 46.6. The van der Waals surface area contributed by atoms with Crippen LogP contribution in [-0.2, 0) is 6.54 Å². The van der Waals surface area contributed by atoms with Gasteiger partial charge in [-0.1, -0.05) is 36.4 Å². The molecule has 1 saturated heterocycles. The lowest BCUT2D eigenvalue weighted by molar-refractivity contribution is -0.0620. The van der Waals surface area contributed by atoms with E-state index in [1.807, 2.05) is 12.1 Å². The van der Waals surface area contributed by atoms with Crippen LogP contribution in [0, 0.1) is 5.82 Å². The first-order valence-electron chi connectivity index (χ1n) is 11.6. The predicted molar refractivity (Wildman–Crippen MR) is 129 cm³/mol. The third kappa shape index (κ3) is 4.48. The van der Waals surface area contributed by atoms with Gasteiger partial charge in [0.1, 0.15) is 17.2 Å². The molecule has 5 rings (SSSR count). The van der Waals surface area contributed by atoms with Gasteiger partial charge in [-0.15, -0.1) is 0 Å². The van der Waals surface area contributed by atoms with Crippen molar-refractivity contribution in [2.24, 2.45) is 5.73 Å². The lowest BCUT2D eigenvalue weighted by Crippen LogP contribution is -2.40. The van der Waals surface area contributed by atoms with Gasteiger partial charge in [-0.3, -0.25) is 4.90 Å². The van der Waals surface area contributed by atoms with E-state index in [1.165, 1.54) is 12.1 Å². The van der Waals surface area contributed by atoms with Gasteiger partial charge in [0, 0.05) is 42.9 Å². The van der Waals surface area contributed by atoms with E-state index < -0.39 is 5.92 Å². The molecule has 4 aromatic rings. The summed E-state index contributed by atoms with van der Waals surface area (Å²) in [7, 11) is 0. The Hall–Kier alpha value is -3.09. The predicted octanol–water partition coefficient (Wildman–Crippen LogP) is 7.16. The highest BCUT2D eigenvalue weighted by Gasteiger charge is 2.35. The summed E-state index contributed by atoms with van der Waals surface area (Å²) in [5, 5.41) is 0.934. The van der Waals surface area contributed by atoms with Crippen LogP contribution in [0.3, 0.4) is 0 Å². The minimum Gasteiger partial charge on any atom is -0.459 e. The summed E-state index contributed by atoms with van der Waals surface area (Å²) in [6.07, 6.45) is -0.172. The molecule has 6 heteroatoms. The van der Waals surface area contributed by atoms with Crippen LogP contribution >= 0.6 is 0 Å². The maximum atomic E-state index is 13.5. The molecule has 0 aliphatic carbocycles. The Bertz CT molecular complexity index is 1290. The van der Waals surface area contributed by atoms with E-state index in [4.69, 9.17) is 10.2 Å². The summed E-state index contributed by atoms with van der Waals surface area (Å²) in [5.74, 6) is -2.15. The van der Waals surface area contributed by atoms with Gasteiger partial charge in [-0.25, -0.2) is 13.2 Å². The average Bonchev–Trinajstić information content (AvgIpc) is 3.27. The second-order valence-electron chi connectivity index (χ2n) is 9.06. The van der Waals surface area contributed by atoms with Crippen molar-refractivity contribution in [1.29, 1.82) is 0 Å². The molecule has 3 nitrogen and oxygen atoms in total.